The van der Waals surface area contributed by atoms with E-state index < -0.39 is 0 Å². The van der Waals surface area contributed by atoms with Gasteiger partial charge in [-0.15, -0.1) is 0 Å². The Morgan fingerprint density at radius 1 is 1.04 bits per heavy atom. The Balaban J connectivity index is 1.69. The van der Waals surface area contributed by atoms with Crippen LogP contribution in [0.3, 0.4) is 0 Å². The standard InChI is InChI=1S/C20H25N5O2/c1-14-6-4-5-7-17(14)13-21-19-12-18(22-15(2)23-19)20(27)25-10-8-24(9-11-25)16(3)26/h4-7,12H,8-11,13H2,1-3H3,(H,21,22,23). The van der Waals surface area contributed by atoms with E-state index in [0.29, 0.717) is 50.1 Å². The van der Waals surface area contributed by atoms with E-state index in [2.05, 4.69) is 34.3 Å². The van der Waals surface area contributed by atoms with E-state index in [1.807, 2.05) is 12.1 Å². The molecule has 2 amide bonds. The molecule has 1 fully saturated rings. The Morgan fingerprint density at radius 2 is 1.70 bits per heavy atom. The lowest BCUT2D eigenvalue weighted by Crippen LogP contribution is -2.50. The molecule has 0 unspecified atom stereocenters. The van der Waals surface area contributed by atoms with Crippen LogP contribution in [0, 0.1) is 13.8 Å². The Hall–Kier alpha value is -2.96. The van der Waals surface area contributed by atoms with Gasteiger partial charge in [0.25, 0.3) is 5.91 Å². The van der Waals surface area contributed by atoms with Gasteiger partial charge in [0.15, 0.2) is 0 Å². The van der Waals surface area contributed by atoms with Crippen LogP contribution in [0.5, 0.6) is 0 Å². The quantitative estimate of drug-likeness (QED) is 0.894. The second kappa shape index (κ2) is 8.16. The molecule has 1 aromatic carbocycles. The van der Waals surface area contributed by atoms with E-state index in [9.17, 15) is 9.59 Å². The van der Waals surface area contributed by atoms with Crippen LogP contribution in [0.2, 0.25) is 0 Å². The van der Waals surface area contributed by atoms with Gasteiger partial charge in [-0.1, -0.05) is 24.3 Å². The number of amides is 2. The number of hydrogen-bond donors (Lipinski definition) is 1. The Morgan fingerprint density at radius 3 is 2.37 bits per heavy atom. The highest BCUT2D eigenvalue weighted by Crippen LogP contribution is 2.14. The van der Waals surface area contributed by atoms with Gasteiger partial charge in [0.2, 0.25) is 5.91 Å². The number of piperazine rings is 1. The lowest BCUT2D eigenvalue weighted by atomic mass is 10.1. The highest BCUT2D eigenvalue weighted by atomic mass is 16.2. The molecule has 1 aromatic heterocycles. The third-order valence-electron chi connectivity index (χ3n) is 4.79. The molecule has 0 atom stereocenters. The van der Waals surface area contributed by atoms with Crippen molar-refractivity contribution >= 4 is 17.6 Å². The minimum absolute atomic E-state index is 0.0441. The summed E-state index contributed by atoms with van der Waals surface area (Å²) in [6.07, 6.45) is 0. The highest BCUT2D eigenvalue weighted by Gasteiger charge is 2.24. The third kappa shape index (κ3) is 4.61. The fourth-order valence-corrected chi connectivity index (χ4v) is 3.15. The summed E-state index contributed by atoms with van der Waals surface area (Å²) >= 11 is 0. The molecule has 1 N–H and O–H groups in total. The van der Waals surface area contributed by atoms with Crippen molar-refractivity contribution in [3.05, 3.63) is 53.0 Å². The van der Waals surface area contributed by atoms with Crippen LogP contribution in [-0.4, -0.2) is 57.8 Å². The molecule has 0 aliphatic carbocycles. The summed E-state index contributed by atoms with van der Waals surface area (Å²) in [5.41, 5.74) is 2.77. The maximum absolute atomic E-state index is 12.8. The van der Waals surface area contributed by atoms with E-state index in [0.717, 1.165) is 0 Å². The first-order valence-corrected chi connectivity index (χ1v) is 9.13. The van der Waals surface area contributed by atoms with Crippen LogP contribution in [0.4, 0.5) is 5.82 Å². The molecular weight excluding hydrogens is 342 g/mol. The van der Waals surface area contributed by atoms with Crippen LogP contribution < -0.4 is 5.32 Å². The molecule has 0 radical (unpaired) electrons. The Labute approximate surface area is 159 Å². The van der Waals surface area contributed by atoms with Crippen molar-refractivity contribution in [1.29, 1.82) is 0 Å². The van der Waals surface area contributed by atoms with Crippen molar-refractivity contribution in [2.24, 2.45) is 0 Å². The zero-order chi connectivity index (χ0) is 19.4. The highest BCUT2D eigenvalue weighted by molar-refractivity contribution is 5.93. The van der Waals surface area contributed by atoms with Crippen LogP contribution in [0.25, 0.3) is 0 Å². The van der Waals surface area contributed by atoms with E-state index in [-0.39, 0.29) is 11.8 Å². The fourth-order valence-electron chi connectivity index (χ4n) is 3.15. The summed E-state index contributed by atoms with van der Waals surface area (Å²) in [5.74, 6) is 1.11. The number of aryl methyl sites for hydroxylation is 2. The van der Waals surface area contributed by atoms with Crippen molar-refractivity contribution in [1.82, 2.24) is 19.8 Å². The molecule has 3 rings (SSSR count). The van der Waals surface area contributed by atoms with Crippen LogP contribution >= 0.6 is 0 Å². The van der Waals surface area contributed by atoms with E-state index >= 15 is 0 Å². The van der Waals surface area contributed by atoms with E-state index in [1.54, 1.807) is 29.7 Å². The summed E-state index contributed by atoms with van der Waals surface area (Å²) in [7, 11) is 0. The SMILES string of the molecule is CC(=O)N1CCN(C(=O)c2cc(NCc3ccccc3C)nc(C)n2)CC1. The number of rotatable bonds is 4. The minimum atomic E-state index is -0.123. The largest absolute Gasteiger partial charge is 0.366 e. The molecule has 0 saturated carbocycles. The number of carbonyl (C=O) groups excluding carboxylic acids is 2. The first kappa shape index (κ1) is 18.8. The summed E-state index contributed by atoms with van der Waals surface area (Å²) in [4.78, 5) is 36.5. The maximum atomic E-state index is 12.8. The van der Waals surface area contributed by atoms with Crippen molar-refractivity contribution < 1.29 is 9.59 Å². The van der Waals surface area contributed by atoms with Crippen LogP contribution in [-0.2, 0) is 11.3 Å². The fraction of sp³-hybridized carbons (Fsp3) is 0.400. The predicted molar refractivity (Wildman–Crippen MR) is 103 cm³/mol. The van der Waals surface area contributed by atoms with Crippen molar-refractivity contribution in [3.8, 4) is 0 Å². The zero-order valence-corrected chi connectivity index (χ0v) is 16.0. The van der Waals surface area contributed by atoms with Crippen molar-refractivity contribution in [3.63, 3.8) is 0 Å². The normalized spacial score (nSPS) is 14.2. The molecule has 7 heteroatoms. The molecule has 27 heavy (non-hydrogen) atoms. The monoisotopic (exact) mass is 367 g/mol. The average molecular weight is 367 g/mol. The second-order valence-electron chi connectivity index (χ2n) is 6.76. The van der Waals surface area contributed by atoms with Crippen molar-refractivity contribution in [2.45, 2.75) is 27.3 Å². The van der Waals surface area contributed by atoms with Gasteiger partial charge in [-0.25, -0.2) is 9.97 Å². The zero-order valence-electron chi connectivity index (χ0n) is 16.0. The number of carbonyl (C=O) groups is 2. The molecule has 0 spiro atoms. The lowest BCUT2D eigenvalue weighted by Gasteiger charge is -2.34. The summed E-state index contributed by atoms with van der Waals surface area (Å²) in [6.45, 7) is 8.20. The van der Waals surface area contributed by atoms with Gasteiger partial charge in [0, 0.05) is 45.7 Å². The van der Waals surface area contributed by atoms with Gasteiger partial charge in [0.1, 0.15) is 17.3 Å². The number of benzene rings is 1. The van der Waals surface area contributed by atoms with Gasteiger partial charge in [-0.2, -0.15) is 0 Å². The van der Waals surface area contributed by atoms with Gasteiger partial charge in [-0.05, 0) is 25.0 Å². The average Bonchev–Trinajstić information content (AvgIpc) is 2.66. The Bertz CT molecular complexity index is 844. The molecule has 7 nitrogen and oxygen atoms in total. The molecule has 142 valence electrons. The number of nitrogens with zero attached hydrogens (tertiary/aromatic N) is 4. The second-order valence-corrected chi connectivity index (χ2v) is 6.76. The topological polar surface area (TPSA) is 78.4 Å². The van der Waals surface area contributed by atoms with Gasteiger partial charge in [0.05, 0.1) is 0 Å². The van der Waals surface area contributed by atoms with Gasteiger partial charge < -0.3 is 15.1 Å². The molecule has 2 heterocycles. The molecule has 2 aromatic rings. The first-order chi connectivity index (χ1) is 12.9. The number of hydrogen-bond acceptors (Lipinski definition) is 5. The number of anilines is 1. The summed E-state index contributed by atoms with van der Waals surface area (Å²) in [6, 6.07) is 9.85. The van der Waals surface area contributed by atoms with E-state index in [1.165, 1.54) is 11.1 Å². The minimum Gasteiger partial charge on any atom is -0.366 e. The maximum Gasteiger partial charge on any atom is 0.272 e. The summed E-state index contributed by atoms with van der Waals surface area (Å²) in [5, 5.41) is 3.29. The molecular formula is C20H25N5O2. The third-order valence-corrected chi connectivity index (χ3v) is 4.79. The smallest absolute Gasteiger partial charge is 0.272 e. The van der Waals surface area contributed by atoms with E-state index in [4.69, 9.17) is 0 Å². The van der Waals surface area contributed by atoms with Gasteiger partial charge >= 0.3 is 0 Å². The lowest BCUT2D eigenvalue weighted by molar-refractivity contribution is -0.130. The molecule has 1 aliphatic heterocycles. The Kier molecular flexibility index (Phi) is 5.69. The number of aromatic nitrogens is 2. The molecule has 1 aliphatic rings. The predicted octanol–water partition coefficient (Wildman–Crippen LogP) is 2.01. The molecule has 0 bridgehead atoms. The number of nitrogens with one attached hydrogen (secondary N) is 1. The van der Waals surface area contributed by atoms with Crippen molar-refractivity contribution in [2.75, 3.05) is 31.5 Å². The van der Waals surface area contributed by atoms with Gasteiger partial charge in [-0.3, -0.25) is 9.59 Å². The summed E-state index contributed by atoms with van der Waals surface area (Å²) < 4.78 is 0. The molecule has 1 saturated heterocycles. The van der Waals surface area contributed by atoms with Crippen LogP contribution in [0.1, 0.15) is 34.4 Å². The van der Waals surface area contributed by atoms with Crippen LogP contribution in [0.15, 0.2) is 30.3 Å². The first-order valence-electron chi connectivity index (χ1n) is 9.13.